The van der Waals surface area contributed by atoms with Crippen LogP contribution in [-0.2, 0) is 0 Å². The Morgan fingerprint density at radius 1 is 1.23 bits per heavy atom. The fourth-order valence-electron chi connectivity index (χ4n) is 3.80. The van der Waals surface area contributed by atoms with Crippen LogP contribution in [-0.4, -0.2) is 23.0 Å². The number of amides is 1. The molecule has 0 aliphatic heterocycles. The molecule has 3 N–H and O–H groups in total. The molecule has 2 saturated carbocycles. The third-order valence-corrected chi connectivity index (χ3v) is 5.08. The van der Waals surface area contributed by atoms with Gasteiger partial charge in [-0.05, 0) is 59.5 Å². The Hall–Kier alpha value is -0.360. The fourth-order valence-corrected chi connectivity index (χ4v) is 4.16. The van der Waals surface area contributed by atoms with Gasteiger partial charge in [0.15, 0.2) is 0 Å². The van der Waals surface area contributed by atoms with Crippen LogP contribution in [0, 0.1) is 11.8 Å². The van der Waals surface area contributed by atoms with Crippen LogP contribution >= 0.6 is 40.7 Å². The Morgan fingerprint density at radius 3 is 2.45 bits per heavy atom. The summed E-state index contributed by atoms with van der Waals surface area (Å²) < 4.78 is 0.830. The molecule has 2 fully saturated rings. The maximum atomic E-state index is 12.4. The zero-order valence-corrected chi connectivity index (χ0v) is 15.4. The van der Waals surface area contributed by atoms with Gasteiger partial charge < -0.3 is 11.1 Å². The Bertz CT molecular complexity index is 503. The summed E-state index contributed by atoms with van der Waals surface area (Å²) in [5.41, 5.74) is 6.74. The quantitative estimate of drug-likeness (QED) is 0.785. The molecule has 2 aliphatic carbocycles. The van der Waals surface area contributed by atoms with Crippen LogP contribution in [0.15, 0.2) is 22.9 Å². The van der Waals surface area contributed by atoms with E-state index in [9.17, 15) is 4.79 Å². The molecule has 2 unspecified atom stereocenters. The van der Waals surface area contributed by atoms with Crippen LogP contribution in [0.2, 0.25) is 0 Å². The van der Waals surface area contributed by atoms with Crippen molar-refractivity contribution >= 4 is 46.7 Å². The van der Waals surface area contributed by atoms with E-state index in [0.29, 0.717) is 23.4 Å². The molecule has 124 valence electrons. The van der Waals surface area contributed by atoms with Crippen molar-refractivity contribution in [3.8, 4) is 0 Å². The third-order valence-electron chi connectivity index (χ3n) is 4.64. The maximum absolute atomic E-state index is 12.4. The van der Waals surface area contributed by atoms with Gasteiger partial charge in [0.1, 0.15) is 0 Å². The second-order valence-corrected chi connectivity index (χ2v) is 6.99. The first-order chi connectivity index (χ1) is 9.63. The summed E-state index contributed by atoms with van der Waals surface area (Å²) >= 11 is 3.35. The van der Waals surface area contributed by atoms with Gasteiger partial charge in [0, 0.05) is 29.0 Å². The topological polar surface area (TPSA) is 68.0 Å². The van der Waals surface area contributed by atoms with Crippen molar-refractivity contribution in [3.63, 3.8) is 0 Å². The minimum Gasteiger partial charge on any atom is -0.349 e. The van der Waals surface area contributed by atoms with Crippen molar-refractivity contribution in [2.24, 2.45) is 17.6 Å². The molecule has 2 aliphatic rings. The van der Waals surface area contributed by atoms with Gasteiger partial charge >= 0.3 is 0 Å². The van der Waals surface area contributed by atoms with Gasteiger partial charge in [-0.1, -0.05) is 6.42 Å². The molecule has 1 aromatic rings. The lowest BCUT2D eigenvalue weighted by Gasteiger charge is -2.45. The van der Waals surface area contributed by atoms with E-state index < -0.39 is 0 Å². The van der Waals surface area contributed by atoms with Crippen molar-refractivity contribution in [1.82, 2.24) is 10.3 Å². The number of nitrogens with two attached hydrogens (primary N) is 1. The average Bonchev–Trinajstić information content (AvgIpc) is 2.39. The summed E-state index contributed by atoms with van der Waals surface area (Å²) in [4.78, 5) is 16.4. The lowest BCUT2D eigenvalue weighted by atomic mass is 9.67. The number of carbonyl (C=O) groups is 1. The highest BCUT2D eigenvalue weighted by Crippen LogP contribution is 2.39. The van der Waals surface area contributed by atoms with E-state index in [2.05, 4.69) is 26.2 Å². The molecular formula is C15H22BrCl2N3O. The lowest BCUT2D eigenvalue weighted by molar-refractivity contribution is 0.0755. The number of aromatic nitrogens is 1. The highest BCUT2D eigenvalue weighted by molar-refractivity contribution is 9.10. The molecule has 0 aromatic carbocycles. The molecule has 2 bridgehead atoms. The average molecular weight is 411 g/mol. The lowest BCUT2D eigenvalue weighted by Crippen LogP contribution is -2.53. The van der Waals surface area contributed by atoms with Gasteiger partial charge in [-0.2, -0.15) is 0 Å². The standard InChI is InChI=1S/C15H20BrN3O.2ClH/c16-12-4-11(7-18-8-12)15(20)19-14-9-2-1-3-10(14)6-13(17)5-9;;/h4,7-10,13-14H,1-3,5-6,17H2,(H,19,20);2*1H. The summed E-state index contributed by atoms with van der Waals surface area (Å²) in [6, 6.07) is 2.41. The summed E-state index contributed by atoms with van der Waals surface area (Å²) in [6.07, 6.45) is 9.02. The number of rotatable bonds is 2. The number of hydrogen-bond donors (Lipinski definition) is 2. The number of nitrogens with zero attached hydrogens (tertiary/aromatic N) is 1. The van der Waals surface area contributed by atoms with E-state index >= 15 is 0 Å². The normalized spacial score (nSPS) is 29.7. The van der Waals surface area contributed by atoms with Crippen molar-refractivity contribution in [1.29, 1.82) is 0 Å². The van der Waals surface area contributed by atoms with E-state index in [1.165, 1.54) is 19.3 Å². The Morgan fingerprint density at radius 2 is 1.86 bits per heavy atom. The second-order valence-electron chi connectivity index (χ2n) is 6.07. The molecule has 4 nitrogen and oxygen atoms in total. The Kier molecular flexibility index (Phi) is 7.59. The van der Waals surface area contributed by atoms with Crippen LogP contribution < -0.4 is 11.1 Å². The molecule has 0 saturated heterocycles. The summed E-state index contributed by atoms with van der Waals surface area (Å²) in [5.74, 6) is 1.07. The Labute approximate surface area is 152 Å². The molecule has 7 heteroatoms. The van der Waals surface area contributed by atoms with Gasteiger partial charge in [-0.3, -0.25) is 9.78 Å². The minimum absolute atomic E-state index is 0. The van der Waals surface area contributed by atoms with Crippen molar-refractivity contribution in [2.45, 2.75) is 44.2 Å². The number of fused-ring (bicyclic) bond motifs is 2. The molecule has 22 heavy (non-hydrogen) atoms. The van der Waals surface area contributed by atoms with Crippen molar-refractivity contribution in [2.75, 3.05) is 0 Å². The fraction of sp³-hybridized carbons (Fsp3) is 0.600. The third kappa shape index (κ3) is 4.34. The number of carbonyl (C=O) groups excluding carboxylic acids is 1. The monoisotopic (exact) mass is 409 g/mol. The minimum atomic E-state index is -0.0174. The van der Waals surface area contributed by atoms with E-state index in [-0.39, 0.29) is 36.8 Å². The zero-order valence-electron chi connectivity index (χ0n) is 12.2. The second kappa shape index (κ2) is 8.48. The van der Waals surface area contributed by atoms with Crippen LogP contribution in [0.1, 0.15) is 42.5 Å². The van der Waals surface area contributed by atoms with Gasteiger partial charge in [0.25, 0.3) is 5.91 Å². The molecule has 0 spiro atoms. The van der Waals surface area contributed by atoms with Crippen molar-refractivity contribution < 1.29 is 4.79 Å². The van der Waals surface area contributed by atoms with Gasteiger partial charge in [-0.25, -0.2) is 0 Å². The first-order valence-corrected chi connectivity index (χ1v) is 8.10. The number of hydrogen-bond acceptors (Lipinski definition) is 3. The number of pyridine rings is 1. The first-order valence-electron chi connectivity index (χ1n) is 7.30. The van der Waals surface area contributed by atoms with Crippen LogP contribution in [0.25, 0.3) is 0 Å². The molecule has 0 radical (unpaired) electrons. The van der Waals surface area contributed by atoms with Gasteiger partial charge in [-0.15, -0.1) is 24.8 Å². The smallest absolute Gasteiger partial charge is 0.253 e. The highest BCUT2D eigenvalue weighted by Gasteiger charge is 2.39. The van der Waals surface area contributed by atoms with Crippen LogP contribution in [0.3, 0.4) is 0 Å². The Balaban J connectivity index is 0.00000121. The van der Waals surface area contributed by atoms with Gasteiger partial charge in [0.2, 0.25) is 0 Å². The summed E-state index contributed by atoms with van der Waals surface area (Å²) in [7, 11) is 0. The van der Waals surface area contributed by atoms with Gasteiger partial charge in [0.05, 0.1) is 5.56 Å². The van der Waals surface area contributed by atoms with Crippen LogP contribution in [0.4, 0.5) is 0 Å². The van der Waals surface area contributed by atoms with E-state index in [1.807, 2.05) is 6.07 Å². The molecular weight excluding hydrogens is 389 g/mol. The molecule has 3 rings (SSSR count). The van der Waals surface area contributed by atoms with Crippen LogP contribution in [0.5, 0.6) is 0 Å². The first kappa shape index (κ1) is 19.7. The van der Waals surface area contributed by atoms with E-state index in [4.69, 9.17) is 5.73 Å². The molecule has 1 aromatic heterocycles. The highest BCUT2D eigenvalue weighted by atomic mass is 79.9. The largest absolute Gasteiger partial charge is 0.349 e. The van der Waals surface area contributed by atoms with E-state index in [1.54, 1.807) is 12.4 Å². The molecule has 1 heterocycles. The summed E-state index contributed by atoms with van der Waals surface area (Å²) in [6.45, 7) is 0. The number of halogens is 3. The van der Waals surface area contributed by atoms with E-state index in [0.717, 1.165) is 17.3 Å². The predicted molar refractivity (Wildman–Crippen MR) is 95.7 cm³/mol. The molecule has 2 atom stereocenters. The zero-order chi connectivity index (χ0) is 14.1. The van der Waals surface area contributed by atoms with Crippen molar-refractivity contribution in [3.05, 3.63) is 28.5 Å². The maximum Gasteiger partial charge on any atom is 0.253 e. The molecule has 1 amide bonds. The number of nitrogens with one attached hydrogen (secondary N) is 1. The predicted octanol–water partition coefficient (Wildman–Crippen LogP) is 3.32. The summed E-state index contributed by atoms with van der Waals surface area (Å²) in [5, 5.41) is 3.23. The SMILES string of the molecule is Cl.Cl.NC1CC2CCCC(C1)C2NC(=O)c1cncc(Br)c1.